The molecule has 2 aromatic carbocycles. The average Bonchev–Trinajstić information content (AvgIpc) is 3.44. The zero-order valence-electron chi connectivity index (χ0n) is 15.5. The van der Waals surface area contributed by atoms with Gasteiger partial charge in [0.25, 0.3) is 5.91 Å². The first-order valence-corrected chi connectivity index (χ1v) is 10.3. The van der Waals surface area contributed by atoms with E-state index in [9.17, 15) is 4.79 Å². The third kappa shape index (κ3) is 4.58. The van der Waals surface area contributed by atoms with Gasteiger partial charge in [-0.15, -0.1) is 11.3 Å². The number of rotatable bonds is 7. The van der Waals surface area contributed by atoms with Crippen LogP contribution in [0.4, 0.5) is 5.13 Å². The normalized spacial score (nSPS) is 16.1. The molecule has 0 radical (unpaired) electrons. The van der Waals surface area contributed by atoms with Crippen LogP contribution in [0.25, 0.3) is 11.3 Å². The van der Waals surface area contributed by atoms with Crippen LogP contribution >= 0.6 is 11.3 Å². The molecule has 1 aliphatic rings. The van der Waals surface area contributed by atoms with E-state index in [0.717, 1.165) is 30.7 Å². The number of anilines is 1. The van der Waals surface area contributed by atoms with E-state index >= 15 is 0 Å². The largest absolute Gasteiger partial charge is 0.484 e. The number of ether oxygens (including phenoxy) is 2. The van der Waals surface area contributed by atoms with Gasteiger partial charge < -0.3 is 9.47 Å². The lowest BCUT2D eigenvalue weighted by atomic mass is 10.2. The number of hydrogen-bond acceptors (Lipinski definition) is 5. The van der Waals surface area contributed by atoms with Crippen LogP contribution in [0.3, 0.4) is 0 Å². The Labute approximate surface area is 168 Å². The number of para-hydroxylation sites is 1. The van der Waals surface area contributed by atoms with E-state index in [1.54, 1.807) is 4.90 Å². The third-order valence-corrected chi connectivity index (χ3v) is 5.47. The summed E-state index contributed by atoms with van der Waals surface area (Å²) >= 11 is 1.47. The van der Waals surface area contributed by atoms with Gasteiger partial charge in [0.2, 0.25) is 0 Å². The number of benzene rings is 2. The Bertz CT molecular complexity index is 892. The summed E-state index contributed by atoms with van der Waals surface area (Å²) in [6.45, 7) is 1.22. The fourth-order valence-electron chi connectivity index (χ4n) is 3.15. The lowest BCUT2D eigenvalue weighted by molar-refractivity contribution is -0.120. The molecule has 1 fully saturated rings. The Morgan fingerprint density at radius 2 is 1.89 bits per heavy atom. The second kappa shape index (κ2) is 8.99. The Balaban J connectivity index is 1.51. The summed E-state index contributed by atoms with van der Waals surface area (Å²) in [6.07, 6.45) is 2.03. The number of hydrogen-bond donors (Lipinski definition) is 0. The van der Waals surface area contributed by atoms with Gasteiger partial charge in [-0.1, -0.05) is 48.5 Å². The van der Waals surface area contributed by atoms with E-state index < -0.39 is 0 Å². The van der Waals surface area contributed by atoms with Gasteiger partial charge in [-0.05, 0) is 25.0 Å². The molecule has 1 amide bonds. The highest BCUT2D eigenvalue weighted by molar-refractivity contribution is 7.14. The number of amides is 1. The molecule has 1 unspecified atom stereocenters. The molecular weight excluding hydrogens is 372 g/mol. The maximum absolute atomic E-state index is 13.0. The van der Waals surface area contributed by atoms with Crippen LogP contribution in [0.15, 0.2) is 66.0 Å². The van der Waals surface area contributed by atoms with Crippen LogP contribution in [0.5, 0.6) is 5.75 Å². The van der Waals surface area contributed by atoms with E-state index in [-0.39, 0.29) is 18.6 Å². The Morgan fingerprint density at radius 3 is 2.61 bits per heavy atom. The van der Waals surface area contributed by atoms with Crippen molar-refractivity contribution in [1.82, 2.24) is 4.98 Å². The van der Waals surface area contributed by atoms with Crippen molar-refractivity contribution in [2.24, 2.45) is 0 Å². The summed E-state index contributed by atoms with van der Waals surface area (Å²) in [6, 6.07) is 19.4. The molecule has 0 N–H and O–H groups in total. The highest BCUT2D eigenvalue weighted by Crippen LogP contribution is 2.28. The van der Waals surface area contributed by atoms with Gasteiger partial charge in [-0.3, -0.25) is 9.69 Å². The number of nitrogens with zero attached hydrogens (tertiary/aromatic N) is 2. The summed E-state index contributed by atoms with van der Waals surface area (Å²) < 4.78 is 11.4. The monoisotopic (exact) mass is 394 g/mol. The quantitative estimate of drug-likeness (QED) is 0.596. The standard InChI is InChI=1S/C22H22N2O3S/c25-21(15-27-18-10-5-2-6-11-18)24(14-19-12-7-13-26-19)22-23-20(16-28-22)17-8-3-1-4-9-17/h1-6,8-11,16,19H,7,12-15H2. The molecule has 5 nitrogen and oxygen atoms in total. The Hall–Kier alpha value is -2.70. The van der Waals surface area contributed by atoms with Gasteiger partial charge >= 0.3 is 0 Å². The lowest BCUT2D eigenvalue weighted by Gasteiger charge is -2.23. The molecule has 28 heavy (non-hydrogen) atoms. The molecule has 0 bridgehead atoms. The molecule has 144 valence electrons. The van der Waals surface area contributed by atoms with Gasteiger partial charge in [-0.25, -0.2) is 4.98 Å². The topological polar surface area (TPSA) is 51.7 Å². The van der Waals surface area contributed by atoms with Crippen molar-refractivity contribution in [1.29, 1.82) is 0 Å². The van der Waals surface area contributed by atoms with Gasteiger partial charge in [0, 0.05) is 17.6 Å². The van der Waals surface area contributed by atoms with Crippen LogP contribution in [0.2, 0.25) is 0 Å². The Kier molecular flexibility index (Phi) is 5.99. The van der Waals surface area contributed by atoms with E-state index in [0.29, 0.717) is 17.4 Å². The molecule has 1 aliphatic heterocycles. The van der Waals surface area contributed by atoms with Crippen LogP contribution < -0.4 is 9.64 Å². The fourth-order valence-corrected chi connectivity index (χ4v) is 4.01. The first-order valence-electron chi connectivity index (χ1n) is 9.40. The lowest BCUT2D eigenvalue weighted by Crippen LogP contribution is -2.40. The van der Waals surface area contributed by atoms with Crippen LogP contribution in [-0.2, 0) is 9.53 Å². The first-order chi connectivity index (χ1) is 13.8. The van der Waals surface area contributed by atoms with E-state index in [2.05, 4.69) is 0 Å². The van der Waals surface area contributed by atoms with Crippen molar-refractivity contribution in [3.63, 3.8) is 0 Å². The van der Waals surface area contributed by atoms with Crippen LogP contribution in [-0.4, -0.2) is 36.8 Å². The number of thiazole rings is 1. The minimum Gasteiger partial charge on any atom is -0.484 e. The molecule has 0 spiro atoms. The molecule has 1 saturated heterocycles. The van der Waals surface area contributed by atoms with Gasteiger partial charge in [0.1, 0.15) is 5.75 Å². The minimum absolute atomic E-state index is 0.0308. The highest BCUT2D eigenvalue weighted by atomic mass is 32.1. The summed E-state index contributed by atoms with van der Waals surface area (Å²) in [5.41, 5.74) is 1.91. The number of carbonyl (C=O) groups is 1. The molecule has 3 aromatic rings. The van der Waals surface area contributed by atoms with E-state index in [4.69, 9.17) is 14.5 Å². The average molecular weight is 394 g/mol. The maximum atomic E-state index is 13.0. The number of carbonyl (C=O) groups excluding carboxylic acids is 1. The third-order valence-electron chi connectivity index (χ3n) is 4.61. The van der Waals surface area contributed by atoms with Gasteiger partial charge in [-0.2, -0.15) is 0 Å². The molecular formula is C22H22N2O3S. The summed E-state index contributed by atoms with van der Waals surface area (Å²) in [5.74, 6) is 0.561. The van der Waals surface area contributed by atoms with Crippen molar-refractivity contribution >= 4 is 22.4 Å². The maximum Gasteiger partial charge on any atom is 0.266 e. The fraction of sp³-hybridized carbons (Fsp3) is 0.273. The second-order valence-electron chi connectivity index (χ2n) is 6.62. The summed E-state index contributed by atoms with van der Waals surface area (Å²) in [7, 11) is 0. The molecule has 2 heterocycles. The first kappa shape index (κ1) is 18.7. The van der Waals surface area contributed by atoms with Crippen LogP contribution in [0, 0.1) is 0 Å². The van der Waals surface area contributed by atoms with E-state index in [1.165, 1.54) is 11.3 Å². The number of aromatic nitrogens is 1. The van der Waals surface area contributed by atoms with Gasteiger partial charge in [0.05, 0.1) is 18.3 Å². The van der Waals surface area contributed by atoms with Crippen molar-refractivity contribution in [2.45, 2.75) is 18.9 Å². The summed E-state index contributed by atoms with van der Waals surface area (Å²) in [4.78, 5) is 19.4. The highest BCUT2D eigenvalue weighted by Gasteiger charge is 2.26. The van der Waals surface area contributed by atoms with Crippen LogP contribution in [0.1, 0.15) is 12.8 Å². The SMILES string of the molecule is O=C(COc1ccccc1)N(CC1CCCO1)c1nc(-c2ccccc2)cs1. The van der Waals surface area contributed by atoms with Gasteiger partial charge in [0.15, 0.2) is 11.7 Å². The molecule has 6 heteroatoms. The Morgan fingerprint density at radius 1 is 1.14 bits per heavy atom. The minimum atomic E-state index is -0.117. The van der Waals surface area contributed by atoms with Crippen molar-refractivity contribution in [3.8, 4) is 17.0 Å². The molecule has 1 atom stereocenters. The molecule has 4 rings (SSSR count). The molecule has 1 aromatic heterocycles. The molecule has 0 aliphatic carbocycles. The smallest absolute Gasteiger partial charge is 0.266 e. The predicted octanol–water partition coefficient (Wildman–Crippen LogP) is 4.40. The zero-order valence-corrected chi connectivity index (χ0v) is 16.3. The van der Waals surface area contributed by atoms with E-state index in [1.807, 2.05) is 66.0 Å². The molecule has 0 saturated carbocycles. The zero-order chi connectivity index (χ0) is 19.2. The van der Waals surface area contributed by atoms with Crippen molar-refractivity contribution in [2.75, 3.05) is 24.7 Å². The second-order valence-corrected chi connectivity index (χ2v) is 7.46. The summed E-state index contributed by atoms with van der Waals surface area (Å²) in [5, 5.41) is 2.66. The predicted molar refractivity (Wildman–Crippen MR) is 111 cm³/mol. The van der Waals surface area contributed by atoms with Crippen molar-refractivity contribution in [3.05, 3.63) is 66.0 Å². The van der Waals surface area contributed by atoms with Crippen molar-refractivity contribution < 1.29 is 14.3 Å².